The van der Waals surface area contributed by atoms with E-state index in [1.807, 2.05) is 63.2 Å². The van der Waals surface area contributed by atoms with Gasteiger partial charge in [-0.15, -0.1) is 0 Å². The lowest BCUT2D eigenvalue weighted by Gasteiger charge is -2.32. The van der Waals surface area contributed by atoms with Crippen molar-refractivity contribution < 1.29 is 22.7 Å². The minimum Gasteiger partial charge on any atom is -0.494 e. The van der Waals surface area contributed by atoms with Gasteiger partial charge < -0.3 is 15.0 Å². The van der Waals surface area contributed by atoms with E-state index in [2.05, 4.69) is 5.32 Å². The summed E-state index contributed by atoms with van der Waals surface area (Å²) in [4.78, 5) is 29.1. The van der Waals surface area contributed by atoms with E-state index in [9.17, 15) is 18.0 Å². The number of halogens is 1. The number of carbonyl (C=O) groups excluding carboxylic acids is 2. The van der Waals surface area contributed by atoms with Gasteiger partial charge in [-0.3, -0.25) is 13.9 Å². The van der Waals surface area contributed by atoms with E-state index in [1.165, 1.54) is 4.31 Å². The van der Waals surface area contributed by atoms with Gasteiger partial charge in [-0.2, -0.15) is 0 Å². The summed E-state index contributed by atoms with van der Waals surface area (Å²) in [5.41, 5.74) is 2.26. The zero-order chi connectivity index (χ0) is 31.4. The fourth-order valence-electron chi connectivity index (χ4n) is 4.64. The van der Waals surface area contributed by atoms with Crippen molar-refractivity contribution in [3.8, 4) is 5.75 Å². The Labute approximate surface area is 261 Å². The van der Waals surface area contributed by atoms with Crippen LogP contribution < -0.4 is 14.4 Å². The van der Waals surface area contributed by atoms with E-state index in [-0.39, 0.29) is 43.7 Å². The molecule has 0 aromatic heterocycles. The third-order valence-electron chi connectivity index (χ3n) is 6.81. The SMILES string of the molecule is CCOc1ccc(N(CCCC(=O)N(Cc2ccc(Cl)cc2)C(Cc2ccccc2)C(=O)NCC(C)C)S(C)(=O)=O)cc1. The number of amides is 2. The highest BCUT2D eigenvalue weighted by molar-refractivity contribution is 7.92. The van der Waals surface area contributed by atoms with Crippen molar-refractivity contribution in [3.63, 3.8) is 0 Å². The smallest absolute Gasteiger partial charge is 0.243 e. The number of hydrogen-bond acceptors (Lipinski definition) is 5. The van der Waals surface area contributed by atoms with Crippen molar-refractivity contribution >= 4 is 39.1 Å². The number of rotatable bonds is 16. The van der Waals surface area contributed by atoms with E-state index in [1.54, 1.807) is 41.3 Å². The Kier molecular flexibility index (Phi) is 12.9. The fourth-order valence-corrected chi connectivity index (χ4v) is 5.73. The molecule has 0 aliphatic carbocycles. The average Bonchev–Trinajstić information content (AvgIpc) is 2.97. The topological polar surface area (TPSA) is 96.0 Å². The predicted molar refractivity (Wildman–Crippen MR) is 173 cm³/mol. The Morgan fingerprint density at radius 2 is 1.58 bits per heavy atom. The molecular formula is C33H42ClN3O5S. The van der Waals surface area contributed by atoms with Crippen molar-refractivity contribution in [2.24, 2.45) is 5.92 Å². The Morgan fingerprint density at radius 3 is 2.16 bits per heavy atom. The number of nitrogens with one attached hydrogen (secondary N) is 1. The maximum Gasteiger partial charge on any atom is 0.243 e. The molecule has 0 bridgehead atoms. The molecule has 8 nitrogen and oxygen atoms in total. The highest BCUT2D eigenvalue weighted by Crippen LogP contribution is 2.23. The van der Waals surface area contributed by atoms with Crippen LogP contribution in [0.25, 0.3) is 0 Å². The second-order valence-electron chi connectivity index (χ2n) is 10.9. The standard InChI is InChI=1S/C33H42ClN3O5S/c1-5-42-30-19-17-29(18-20-30)37(43(4,40)41)21-9-12-32(38)36(24-27-13-15-28(34)16-14-27)31(33(39)35-23-25(2)3)22-26-10-7-6-8-11-26/h6-8,10-11,13-20,25,31H,5,9,12,21-24H2,1-4H3,(H,35,39). The molecule has 10 heteroatoms. The molecule has 1 N–H and O–H groups in total. The first kappa shape index (κ1) is 33.9. The molecule has 0 saturated carbocycles. The van der Waals surface area contributed by atoms with Crippen LogP contribution in [-0.2, 0) is 32.6 Å². The van der Waals surface area contributed by atoms with Crippen LogP contribution in [-0.4, -0.2) is 57.1 Å². The zero-order valence-electron chi connectivity index (χ0n) is 25.3. The van der Waals surface area contributed by atoms with Crippen molar-refractivity contribution in [1.29, 1.82) is 0 Å². The first-order valence-electron chi connectivity index (χ1n) is 14.5. The van der Waals surface area contributed by atoms with E-state index in [4.69, 9.17) is 16.3 Å². The quantitative estimate of drug-likeness (QED) is 0.220. The summed E-state index contributed by atoms with van der Waals surface area (Å²) in [6.45, 7) is 7.21. The summed E-state index contributed by atoms with van der Waals surface area (Å²) in [5.74, 6) is 0.418. The maximum atomic E-state index is 13.9. The lowest BCUT2D eigenvalue weighted by molar-refractivity contribution is -0.141. The summed E-state index contributed by atoms with van der Waals surface area (Å²) < 4.78 is 32.1. The summed E-state index contributed by atoms with van der Waals surface area (Å²) in [6, 6.07) is 22.9. The van der Waals surface area contributed by atoms with Gasteiger partial charge in [0.2, 0.25) is 21.8 Å². The molecule has 0 aliphatic rings. The monoisotopic (exact) mass is 627 g/mol. The summed E-state index contributed by atoms with van der Waals surface area (Å²) in [7, 11) is -3.61. The van der Waals surface area contributed by atoms with Gasteiger partial charge in [0.15, 0.2) is 0 Å². The van der Waals surface area contributed by atoms with Crippen LogP contribution in [0.3, 0.4) is 0 Å². The average molecular weight is 628 g/mol. The molecule has 0 fully saturated rings. The Morgan fingerprint density at radius 1 is 0.930 bits per heavy atom. The van der Waals surface area contributed by atoms with Crippen LogP contribution in [0, 0.1) is 5.92 Å². The van der Waals surface area contributed by atoms with Gasteiger partial charge in [0, 0.05) is 37.5 Å². The highest BCUT2D eigenvalue weighted by Gasteiger charge is 2.30. The van der Waals surface area contributed by atoms with Crippen LogP contribution in [0.2, 0.25) is 5.02 Å². The first-order chi connectivity index (χ1) is 20.5. The number of hydrogen-bond donors (Lipinski definition) is 1. The van der Waals surface area contributed by atoms with E-state index in [0.29, 0.717) is 36.0 Å². The largest absolute Gasteiger partial charge is 0.494 e. The Balaban J connectivity index is 1.85. The molecule has 43 heavy (non-hydrogen) atoms. The molecule has 0 aliphatic heterocycles. The molecule has 0 radical (unpaired) electrons. The lowest BCUT2D eigenvalue weighted by atomic mass is 10.0. The number of ether oxygens (including phenoxy) is 1. The van der Waals surface area contributed by atoms with Crippen LogP contribution in [0.4, 0.5) is 5.69 Å². The minimum absolute atomic E-state index is 0.0549. The number of benzene rings is 3. The molecular weight excluding hydrogens is 586 g/mol. The molecule has 2 amide bonds. The molecule has 3 rings (SSSR count). The van der Waals surface area contributed by atoms with Gasteiger partial charge >= 0.3 is 0 Å². The summed E-state index contributed by atoms with van der Waals surface area (Å²) in [5, 5.41) is 3.59. The van der Waals surface area contributed by atoms with Crippen molar-refractivity contribution in [3.05, 3.63) is 95.0 Å². The third kappa shape index (κ3) is 10.9. The van der Waals surface area contributed by atoms with Crippen molar-refractivity contribution in [2.75, 3.05) is 30.3 Å². The molecule has 232 valence electrons. The van der Waals surface area contributed by atoms with Gasteiger partial charge in [0.1, 0.15) is 11.8 Å². The van der Waals surface area contributed by atoms with Gasteiger partial charge in [-0.1, -0.05) is 67.9 Å². The molecule has 0 saturated heterocycles. The highest BCUT2D eigenvalue weighted by atomic mass is 35.5. The van der Waals surface area contributed by atoms with E-state index >= 15 is 0 Å². The van der Waals surface area contributed by atoms with Crippen LogP contribution in [0.1, 0.15) is 44.7 Å². The zero-order valence-corrected chi connectivity index (χ0v) is 26.9. The van der Waals surface area contributed by atoms with Crippen molar-refractivity contribution in [2.45, 2.75) is 52.6 Å². The van der Waals surface area contributed by atoms with Gasteiger partial charge in [-0.25, -0.2) is 8.42 Å². The van der Waals surface area contributed by atoms with E-state index in [0.717, 1.165) is 17.4 Å². The minimum atomic E-state index is -3.61. The fraction of sp³-hybridized carbons (Fsp3) is 0.394. The molecule has 0 heterocycles. The van der Waals surface area contributed by atoms with Gasteiger partial charge in [0.25, 0.3) is 0 Å². The maximum absolute atomic E-state index is 13.9. The number of nitrogens with zero attached hydrogens (tertiary/aromatic N) is 2. The second kappa shape index (κ2) is 16.3. The summed E-state index contributed by atoms with van der Waals surface area (Å²) >= 11 is 6.11. The summed E-state index contributed by atoms with van der Waals surface area (Å²) in [6.07, 6.45) is 1.81. The normalized spacial score (nSPS) is 12.0. The Hall–Kier alpha value is -3.56. The first-order valence-corrected chi connectivity index (χ1v) is 16.8. The van der Waals surface area contributed by atoms with Gasteiger partial charge in [0.05, 0.1) is 18.6 Å². The number of carbonyl (C=O) groups is 2. The molecule has 1 unspecified atom stereocenters. The number of anilines is 1. The van der Waals surface area contributed by atoms with E-state index < -0.39 is 16.1 Å². The molecule has 3 aromatic rings. The second-order valence-corrected chi connectivity index (χ2v) is 13.2. The number of sulfonamides is 1. The Bertz CT molecular complexity index is 1420. The third-order valence-corrected chi connectivity index (χ3v) is 8.26. The van der Waals surface area contributed by atoms with Crippen LogP contribution in [0.15, 0.2) is 78.9 Å². The van der Waals surface area contributed by atoms with Gasteiger partial charge in [-0.05, 0) is 66.8 Å². The molecule has 3 aromatic carbocycles. The molecule has 0 spiro atoms. The van der Waals surface area contributed by atoms with Crippen LogP contribution >= 0.6 is 11.6 Å². The molecule has 1 atom stereocenters. The van der Waals surface area contributed by atoms with Crippen LogP contribution in [0.5, 0.6) is 5.75 Å². The predicted octanol–water partition coefficient (Wildman–Crippen LogP) is 5.70. The van der Waals surface area contributed by atoms with Crippen molar-refractivity contribution in [1.82, 2.24) is 10.2 Å². The lowest BCUT2D eigenvalue weighted by Crippen LogP contribution is -2.51.